The summed E-state index contributed by atoms with van der Waals surface area (Å²) in [6, 6.07) is 25.0. The van der Waals surface area contributed by atoms with E-state index in [0.717, 1.165) is 41.0 Å². The molecule has 1 saturated heterocycles. The summed E-state index contributed by atoms with van der Waals surface area (Å²) in [5.41, 5.74) is 3.15. The molecule has 6 heteroatoms. The van der Waals surface area contributed by atoms with Crippen LogP contribution in [0.3, 0.4) is 0 Å². The minimum absolute atomic E-state index is 0.00216. The number of nitrogens with zero attached hydrogens (tertiary/aromatic N) is 2. The number of carbonyl (C=O) groups excluding carboxylic acids is 2. The number of anilines is 3. The molecule has 3 aromatic rings. The molecule has 0 aromatic heterocycles. The predicted octanol–water partition coefficient (Wildman–Crippen LogP) is 4.53. The van der Waals surface area contributed by atoms with Gasteiger partial charge in [-0.05, 0) is 48.7 Å². The number of carbonyl (C=O) groups is 2. The Morgan fingerprint density at radius 2 is 1.79 bits per heavy atom. The maximum Gasteiger partial charge on any atom is 0.264 e. The lowest BCUT2D eigenvalue weighted by molar-refractivity contribution is -0.146. The van der Waals surface area contributed by atoms with Crippen molar-refractivity contribution in [3.05, 3.63) is 90.0 Å². The molecule has 3 aromatic carbocycles. The molecule has 0 unspecified atom stereocenters. The number of aliphatic hydroxyl groups is 1. The number of benzene rings is 3. The summed E-state index contributed by atoms with van der Waals surface area (Å²) in [6.07, 6.45) is 1.90. The SMILES string of the molecule is C[C@@H]1C[C@H](CCO)O[C@@]12C(=O)N(Cc1cccc(N(C=O)c3ccccc3)c1)c1ccccc12. The molecule has 0 bridgehead atoms. The molecule has 2 amide bonds. The highest BCUT2D eigenvalue weighted by Gasteiger charge is 2.59. The monoisotopic (exact) mass is 456 g/mol. The third-order valence-corrected chi connectivity index (χ3v) is 6.94. The number of hydrogen-bond donors (Lipinski definition) is 1. The Kier molecular flexibility index (Phi) is 5.94. The van der Waals surface area contributed by atoms with Gasteiger partial charge in [0.15, 0.2) is 5.60 Å². The number of fused-ring (bicyclic) bond motifs is 2. The smallest absolute Gasteiger partial charge is 0.264 e. The van der Waals surface area contributed by atoms with Crippen LogP contribution >= 0.6 is 0 Å². The van der Waals surface area contributed by atoms with Crippen molar-refractivity contribution in [2.45, 2.75) is 38.0 Å². The first kappa shape index (κ1) is 22.3. The van der Waals surface area contributed by atoms with E-state index in [9.17, 15) is 14.7 Å². The van der Waals surface area contributed by atoms with Gasteiger partial charge in [-0.1, -0.05) is 55.5 Å². The van der Waals surface area contributed by atoms with Crippen LogP contribution < -0.4 is 9.80 Å². The van der Waals surface area contributed by atoms with Crippen molar-refractivity contribution in [1.29, 1.82) is 0 Å². The maximum atomic E-state index is 13.9. The van der Waals surface area contributed by atoms with E-state index in [-0.39, 0.29) is 24.5 Å². The van der Waals surface area contributed by atoms with Crippen molar-refractivity contribution in [3.8, 4) is 0 Å². The lowest BCUT2D eigenvalue weighted by Crippen LogP contribution is -2.43. The molecule has 6 nitrogen and oxygen atoms in total. The van der Waals surface area contributed by atoms with Crippen LogP contribution in [0.4, 0.5) is 17.1 Å². The molecule has 0 aliphatic carbocycles. The molecule has 3 atom stereocenters. The Bertz CT molecular complexity index is 1200. The van der Waals surface area contributed by atoms with Crippen LogP contribution in [0.1, 0.15) is 30.9 Å². The first-order valence-corrected chi connectivity index (χ1v) is 11.7. The van der Waals surface area contributed by atoms with Crippen molar-refractivity contribution in [2.24, 2.45) is 5.92 Å². The zero-order valence-corrected chi connectivity index (χ0v) is 19.1. The Labute approximate surface area is 199 Å². The van der Waals surface area contributed by atoms with Gasteiger partial charge in [0.2, 0.25) is 6.41 Å². The topological polar surface area (TPSA) is 70.1 Å². The molecule has 2 heterocycles. The molecule has 0 saturated carbocycles. The molecule has 1 fully saturated rings. The van der Waals surface area contributed by atoms with E-state index >= 15 is 0 Å². The Morgan fingerprint density at radius 1 is 1.06 bits per heavy atom. The van der Waals surface area contributed by atoms with Gasteiger partial charge < -0.3 is 14.7 Å². The highest BCUT2D eigenvalue weighted by molar-refractivity contribution is 6.07. The van der Waals surface area contributed by atoms with E-state index in [1.165, 1.54) is 0 Å². The Hall–Kier alpha value is -3.48. The fourth-order valence-corrected chi connectivity index (χ4v) is 5.35. The zero-order valence-electron chi connectivity index (χ0n) is 19.1. The first-order valence-electron chi connectivity index (χ1n) is 11.7. The largest absolute Gasteiger partial charge is 0.396 e. The van der Waals surface area contributed by atoms with Gasteiger partial charge in [0.1, 0.15) is 0 Å². The van der Waals surface area contributed by atoms with Crippen molar-refractivity contribution < 1.29 is 19.4 Å². The summed E-state index contributed by atoms with van der Waals surface area (Å²) in [5, 5.41) is 9.42. The number of ether oxygens (including phenoxy) is 1. The molecular formula is C28H28N2O4. The van der Waals surface area contributed by atoms with Crippen LogP contribution in [0.15, 0.2) is 78.9 Å². The Balaban J connectivity index is 1.47. The van der Waals surface area contributed by atoms with E-state index in [1.54, 1.807) is 9.80 Å². The average Bonchev–Trinajstić information content (AvgIpc) is 3.31. The number of aliphatic hydroxyl groups excluding tert-OH is 1. The van der Waals surface area contributed by atoms with E-state index in [4.69, 9.17) is 4.74 Å². The predicted molar refractivity (Wildman–Crippen MR) is 131 cm³/mol. The van der Waals surface area contributed by atoms with Crippen LogP contribution in [-0.4, -0.2) is 30.1 Å². The number of hydrogen-bond acceptors (Lipinski definition) is 4. The Morgan fingerprint density at radius 3 is 2.56 bits per heavy atom. The van der Waals surface area contributed by atoms with Gasteiger partial charge in [-0.15, -0.1) is 0 Å². The van der Waals surface area contributed by atoms with E-state index in [0.29, 0.717) is 13.0 Å². The van der Waals surface area contributed by atoms with Gasteiger partial charge >= 0.3 is 0 Å². The lowest BCUT2D eigenvalue weighted by atomic mass is 9.83. The number of rotatable bonds is 7. The molecule has 1 spiro atoms. The van der Waals surface area contributed by atoms with Gasteiger partial charge in [0.25, 0.3) is 5.91 Å². The van der Waals surface area contributed by atoms with Crippen LogP contribution in [0, 0.1) is 5.92 Å². The van der Waals surface area contributed by atoms with Crippen LogP contribution in [-0.2, 0) is 26.5 Å². The van der Waals surface area contributed by atoms with Crippen molar-refractivity contribution in [3.63, 3.8) is 0 Å². The van der Waals surface area contributed by atoms with Gasteiger partial charge in [0, 0.05) is 29.5 Å². The van der Waals surface area contributed by atoms with Crippen LogP contribution in [0.5, 0.6) is 0 Å². The third kappa shape index (κ3) is 3.59. The molecule has 174 valence electrons. The molecule has 34 heavy (non-hydrogen) atoms. The van der Waals surface area contributed by atoms with Gasteiger partial charge in [0.05, 0.1) is 18.3 Å². The van der Waals surface area contributed by atoms with Crippen LogP contribution in [0.2, 0.25) is 0 Å². The van der Waals surface area contributed by atoms with E-state index < -0.39 is 5.60 Å². The number of para-hydroxylation sites is 2. The summed E-state index contributed by atoms with van der Waals surface area (Å²) >= 11 is 0. The lowest BCUT2D eigenvalue weighted by Gasteiger charge is -2.28. The number of amides is 2. The van der Waals surface area contributed by atoms with E-state index in [1.807, 2.05) is 78.9 Å². The second-order valence-corrected chi connectivity index (χ2v) is 9.01. The van der Waals surface area contributed by atoms with Crippen molar-refractivity contribution in [2.75, 3.05) is 16.4 Å². The molecule has 0 radical (unpaired) electrons. The molecular weight excluding hydrogens is 428 g/mol. The quantitative estimate of drug-likeness (QED) is 0.531. The summed E-state index contributed by atoms with van der Waals surface area (Å²) in [5.74, 6) is -0.0694. The second-order valence-electron chi connectivity index (χ2n) is 9.01. The molecule has 2 aliphatic rings. The molecule has 1 N–H and O–H groups in total. The summed E-state index contributed by atoms with van der Waals surface area (Å²) < 4.78 is 6.40. The molecule has 5 rings (SSSR count). The average molecular weight is 457 g/mol. The summed E-state index contributed by atoms with van der Waals surface area (Å²) in [4.78, 5) is 29.2. The highest BCUT2D eigenvalue weighted by atomic mass is 16.5. The minimum Gasteiger partial charge on any atom is -0.396 e. The first-order chi connectivity index (χ1) is 16.6. The van der Waals surface area contributed by atoms with Gasteiger partial charge in [-0.3, -0.25) is 14.5 Å². The standard InChI is InChI=1S/C28H28N2O4/c1-20-16-24(14-15-31)34-28(20)25-12-5-6-13-26(25)29(27(28)33)18-21-8-7-11-23(17-21)30(19-32)22-9-3-2-4-10-22/h2-13,17,19-20,24,31H,14-16,18H2,1H3/t20-,24+,28+/m1/s1. The fourth-order valence-electron chi connectivity index (χ4n) is 5.35. The van der Waals surface area contributed by atoms with Crippen molar-refractivity contribution >= 4 is 29.4 Å². The van der Waals surface area contributed by atoms with Crippen molar-refractivity contribution in [1.82, 2.24) is 0 Å². The maximum absolute atomic E-state index is 13.9. The normalized spacial score (nSPS) is 23.4. The van der Waals surface area contributed by atoms with Gasteiger partial charge in [-0.25, -0.2) is 0 Å². The molecule has 2 aliphatic heterocycles. The second kappa shape index (κ2) is 9.05. The minimum atomic E-state index is -1.02. The summed E-state index contributed by atoms with van der Waals surface area (Å²) in [7, 11) is 0. The summed E-state index contributed by atoms with van der Waals surface area (Å²) in [6.45, 7) is 2.46. The fraction of sp³-hybridized carbons (Fsp3) is 0.286. The van der Waals surface area contributed by atoms with Gasteiger partial charge in [-0.2, -0.15) is 0 Å². The zero-order chi connectivity index (χ0) is 23.7. The van der Waals surface area contributed by atoms with E-state index in [2.05, 4.69) is 6.92 Å². The van der Waals surface area contributed by atoms with Crippen LogP contribution in [0.25, 0.3) is 0 Å². The highest BCUT2D eigenvalue weighted by Crippen LogP contribution is 2.53. The third-order valence-electron chi connectivity index (χ3n) is 6.94.